The number of ether oxygens (including phenoxy) is 1. The third-order valence-electron chi connectivity index (χ3n) is 3.52. The molecule has 0 atom stereocenters. The highest BCUT2D eigenvalue weighted by Crippen LogP contribution is 2.29. The van der Waals surface area contributed by atoms with Gasteiger partial charge in [-0.1, -0.05) is 12.1 Å². The highest BCUT2D eigenvalue weighted by molar-refractivity contribution is 5.31. The van der Waals surface area contributed by atoms with Crippen LogP contribution in [0.2, 0.25) is 0 Å². The average Bonchev–Trinajstić information content (AvgIpc) is 2.41. The van der Waals surface area contributed by atoms with Crippen LogP contribution < -0.4 is 4.74 Å². The van der Waals surface area contributed by atoms with Crippen molar-refractivity contribution in [3.05, 3.63) is 29.8 Å². The lowest BCUT2D eigenvalue weighted by molar-refractivity contribution is 0.234. The predicted octanol–water partition coefficient (Wildman–Crippen LogP) is 2.79. The number of piperidine rings is 1. The number of hydrogen-bond donors (Lipinski definition) is 0. The minimum absolute atomic E-state index is 0.561. The summed E-state index contributed by atoms with van der Waals surface area (Å²) in [5.74, 6) is 1.58. The van der Waals surface area contributed by atoms with E-state index in [1.54, 1.807) is 0 Å². The van der Waals surface area contributed by atoms with Crippen molar-refractivity contribution in [3.63, 3.8) is 0 Å². The Morgan fingerprint density at radius 1 is 1.39 bits per heavy atom. The molecule has 1 aliphatic rings. The number of rotatable bonds is 4. The Kier molecular flexibility index (Phi) is 4.60. The maximum atomic E-state index is 8.69. The molecule has 1 fully saturated rings. The van der Waals surface area contributed by atoms with Gasteiger partial charge in [0.2, 0.25) is 0 Å². The molecule has 0 unspecified atom stereocenters. The van der Waals surface area contributed by atoms with Gasteiger partial charge >= 0.3 is 0 Å². The summed E-state index contributed by atoms with van der Waals surface area (Å²) in [6.45, 7) is 5.33. The lowest BCUT2D eigenvalue weighted by atomic mass is 9.89. The normalized spacial score (nSPS) is 17.3. The zero-order valence-electron chi connectivity index (χ0n) is 10.9. The van der Waals surface area contributed by atoms with E-state index in [1.807, 2.05) is 13.0 Å². The van der Waals surface area contributed by atoms with Crippen LogP contribution in [0.1, 0.15) is 31.2 Å². The van der Waals surface area contributed by atoms with Crippen molar-refractivity contribution in [2.45, 2.75) is 25.7 Å². The second-order valence-corrected chi connectivity index (χ2v) is 4.71. The van der Waals surface area contributed by atoms with E-state index in [4.69, 9.17) is 10.00 Å². The van der Waals surface area contributed by atoms with Crippen molar-refractivity contribution in [2.24, 2.45) is 0 Å². The first-order valence-electron chi connectivity index (χ1n) is 6.65. The van der Waals surface area contributed by atoms with Gasteiger partial charge in [-0.05, 0) is 56.5 Å². The van der Waals surface area contributed by atoms with Crippen LogP contribution in [0.3, 0.4) is 0 Å². The summed E-state index contributed by atoms with van der Waals surface area (Å²) in [6.07, 6.45) is 2.27. The standard InChI is InChI=1S/C15H20N2O/c1-2-18-15-5-3-4-14(12-15)13-6-9-17(10-7-13)11-8-16/h3-5,12-13H,2,6-7,9-11H2,1H3. The zero-order valence-corrected chi connectivity index (χ0v) is 10.9. The molecule has 3 heteroatoms. The molecule has 18 heavy (non-hydrogen) atoms. The third kappa shape index (κ3) is 3.24. The van der Waals surface area contributed by atoms with E-state index >= 15 is 0 Å². The molecular weight excluding hydrogens is 224 g/mol. The summed E-state index contributed by atoms with van der Waals surface area (Å²) >= 11 is 0. The second kappa shape index (κ2) is 6.42. The highest BCUT2D eigenvalue weighted by Gasteiger charge is 2.20. The average molecular weight is 244 g/mol. The Bertz CT molecular complexity index is 417. The van der Waals surface area contributed by atoms with E-state index in [2.05, 4.69) is 29.2 Å². The molecule has 1 aromatic carbocycles. The second-order valence-electron chi connectivity index (χ2n) is 4.71. The van der Waals surface area contributed by atoms with Gasteiger partial charge in [0.25, 0.3) is 0 Å². The lowest BCUT2D eigenvalue weighted by Gasteiger charge is -2.30. The van der Waals surface area contributed by atoms with Crippen LogP contribution in [0, 0.1) is 11.3 Å². The largest absolute Gasteiger partial charge is 0.494 e. The SMILES string of the molecule is CCOc1cccc(C2CCN(CC#N)CC2)c1. The maximum Gasteiger partial charge on any atom is 0.119 e. The first-order valence-corrected chi connectivity index (χ1v) is 6.65. The molecule has 0 aromatic heterocycles. The van der Waals surface area contributed by atoms with E-state index < -0.39 is 0 Å². The van der Waals surface area contributed by atoms with Crippen molar-refractivity contribution < 1.29 is 4.74 Å². The lowest BCUT2D eigenvalue weighted by Crippen LogP contribution is -2.33. The summed E-state index contributed by atoms with van der Waals surface area (Å²) in [5, 5.41) is 8.69. The van der Waals surface area contributed by atoms with Gasteiger partial charge in [0.05, 0.1) is 19.2 Å². The van der Waals surface area contributed by atoms with Gasteiger partial charge in [0.15, 0.2) is 0 Å². The molecule has 3 nitrogen and oxygen atoms in total. The van der Waals surface area contributed by atoms with Gasteiger partial charge < -0.3 is 4.74 Å². The Morgan fingerprint density at radius 3 is 2.83 bits per heavy atom. The molecule has 1 aliphatic heterocycles. The van der Waals surface area contributed by atoms with E-state index in [0.717, 1.165) is 31.7 Å². The molecule has 0 N–H and O–H groups in total. The van der Waals surface area contributed by atoms with E-state index in [9.17, 15) is 0 Å². The van der Waals surface area contributed by atoms with Gasteiger partial charge in [0.1, 0.15) is 5.75 Å². The van der Waals surface area contributed by atoms with Crippen LogP contribution in [-0.4, -0.2) is 31.1 Å². The predicted molar refractivity (Wildman–Crippen MR) is 71.6 cm³/mol. The van der Waals surface area contributed by atoms with Crippen LogP contribution in [-0.2, 0) is 0 Å². The maximum absolute atomic E-state index is 8.69. The van der Waals surface area contributed by atoms with Crippen molar-refractivity contribution in [2.75, 3.05) is 26.2 Å². The summed E-state index contributed by atoms with van der Waals surface area (Å²) in [5.41, 5.74) is 1.37. The Labute approximate surface area is 109 Å². The quantitative estimate of drug-likeness (QED) is 0.764. The van der Waals surface area contributed by atoms with E-state index in [-0.39, 0.29) is 0 Å². The van der Waals surface area contributed by atoms with Gasteiger partial charge in [-0.15, -0.1) is 0 Å². The molecule has 0 saturated carbocycles. The first kappa shape index (κ1) is 12.9. The fourth-order valence-corrected chi connectivity index (χ4v) is 2.55. The molecule has 0 spiro atoms. The van der Waals surface area contributed by atoms with Crippen LogP contribution in [0.25, 0.3) is 0 Å². The van der Waals surface area contributed by atoms with E-state index in [0.29, 0.717) is 19.1 Å². The van der Waals surface area contributed by atoms with Crippen molar-refractivity contribution in [1.29, 1.82) is 5.26 Å². The molecule has 1 heterocycles. The first-order chi connectivity index (χ1) is 8.83. The Balaban J connectivity index is 1.97. The number of hydrogen-bond acceptors (Lipinski definition) is 3. The Morgan fingerprint density at radius 2 is 2.17 bits per heavy atom. The van der Waals surface area contributed by atoms with Crippen molar-refractivity contribution >= 4 is 0 Å². The number of benzene rings is 1. The van der Waals surface area contributed by atoms with Crippen molar-refractivity contribution in [1.82, 2.24) is 4.90 Å². The van der Waals surface area contributed by atoms with Crippen molar-refractivity contribution in [3.8, 4) is 11.8 Å². The van der Waals surface area contributed by atoms with Gasteiger partial charge in [-0.25, -0.2) is 0 Å². The molecular formula is C15H20N2O. The summed E-state index contributed by atoms with van der Waals surface area (Å²) < 4.78 is 5.54. The van der Waals surface area contributed by atoms with E-state index in [1.165, 1.54) is 5.56 Å². The molecule has 2 rings (SSSR count). The van der Waals surface area contributed by atoms with Gasteiger partial charge in [-0.2, -0.15) is 5.26 Å². The fourth-order valence-electron chi connectivity index (χ4n) is 2.55. The molecule has 0 bridgehead atoms. The molecule has 0 aliphatic carbocycles. The van der Waals surface area contributed by atoms with Crippen LogP contribution in [0.15, 0.2) is 24.3 Å². The third-order valence-corrected chi connectivity index (χ3v) is 3.52. The summed E-state index contributed by atoms with van der Waals surface area (Å²) in [4.78, 5) is 2.23. The highest BCUT2D eigenvalue weighted by atomic mass is 16.5. The van der Waals surface area contributed by atoms with Crippen LogP contribution >= 0.6 is 0 Å². The summed E-state index contributed by atoms with van der Waals surface area (Å²) in [6, 6.07) is 10.7. The fraction of sp³-hybridized carbons (Fsp3) is 0.533. The Hall–Kier alpha value is -1.53. The topological polar surface area (TPSA) is 36.3 Å². The summed E-state index contributed by atoms with van der Waals surface area (Å²) in [7, 11) is 0. The zero-order chi connectivity index (χ0) is 12.8. The molecule has 1 saturated heterocycles. The minimum Gasteiger partial charge on any atom is -0.494 e. The monoisotopic (exact) mass is 244 g/mol. The molecule has 0 radical (unpaired) electrons. The molecule has 0 amide bonds. The van der Waals surface area contributed by atoms with Gasteiger partial charge in [0, 0.05) is 0 Å². The van der Waals surface area contributed by atoms with Crippen LogP contribution in [0.5, 0.6) is 5.75 Å². The smallest absolute Gasteiger partial charge is 0.119 e. The number of likely N-dealkylation sites (tertiary alicyclic amines) is 1. The number of nitrogens with zero attached hydrogens (tertiary/aromatic N) is 2. The van der Waals surface area contributed by atoms with Crippen LogP contribution in [0.4, 0.5) is 0 Å². The van der Waals surface area contributed by atoms with Gasteiger partial charge in [-0.3, -0.25) is 4.90 Å². The number of nitriles is 1. The minimum atomic E-state index is 0.561. The molecule has 96 valence electrons. The molecule has 1 aromatic rings.